The Hall–Kier alpha value is -4.05. The van der Waals surface area contributed by atoms with E-state index in [0.29, 0.717) is 5.56 Å². The molecule has 2 N–H and O–H groups in total. The maximum Gasteiger partial charge on any atom is 0.303 e. The van der Waals surface area contributed by atoms with E-state index in [2.05, 4.69) is 0 Å². The third-order valence-electron chi connectivity index (χ3n) is 9.53. The number of halogens is 2. The molecule has 0 radical (unpaired) electrons. The number of phenols is 1. The number of phenolic OH excluding ortho intramolecular Hbond substituents is 1. The van der Waals surface area contributed by atoms with Gasteiger partial charge in [0.15, 0.2) is 0 Å². The number of benzene rings is 2. The van der Waals surface area contributed by atoms with Crippen LogP contribution in [0.1, 0.15) is 44.1 Å². The highest BCUT2D eigenvalue weighted by atomic mass is 35.5. The molecule has 4 amide bonds. The summed E-state index contributed by atoms with van der Waals surface area (Å²) in [5, 5.41) is 18.8. The molecular weight excluding hydrogens is 567 g/mol. The van der Waals surface area contributed by atoms with Crippen LogP contribution >= 0.6 is 11.6 Å². The zero-order valence-electron chi connectivity index (χ0n) is 22.6. The number of carbonyl (C=O) groups excluding carboxylic acids is 4. The van der Waals surface area contributed by atoms with Crippen molar-refractivity contribution < 1.29 is 38.6 Å². The van der Waals surface area contributed by atoms with Crippen molar-refractivity contribution in [3.05, 3.63) is 70.5 Å². The lowest BCUT2D eigenvalue weighted by Gasteiger charge is -2.49. The summed E-state index contributed by atoms with van der Waals surface area (Å²) < 4.78 is 14.0. The molecule has 6 atom stereocenters. The number of hydrogen-bond donors (Lipinski definition) is 2. The third-order valence-corrected chi connectivity index (χ3v) is 9.82. The molecule has 0 bridgehead atoms. The summed E-state index contributed by atoms with van der Waals surface area (Å²) in [4.78, 5) is 68.6. The first-order chi connectivity index (χ1) is 19.9. The Morgan fingerprint density at radius 3 is 2.43 bits per heavy atom. The van der Waals surface area contributed by atoms with Crippen molar-refractivity contribution in [1.29, 1.82) is 0 Å². The highest BCUT2D eigenvalue weighted by Gasteiger charge is 2.67. The molecular formula is C31H28ClFN2O7. The normalized spacial score (nSPS) is 30.3. The van der Waals surface area contributed by atoms with Crippen molar-refractivity contribution in [1.82, 2.24) is 4.90 Å². The second kappa shape index (κ2) is 10.0. The van der Waals surface area contributed by atoms with Crippen molar-refractivity contribution in [2.24, 2.45) is 29.1 Å². The molecule has 0 unspecified atom stereocenters. The Morgan fingerprint density at radius 2 is 1.76 bits per heavy atom. The molecule has 0 spiro atoms. The minimum Gasteiger partial charge on any atom is -0.508 e. The lowest BCUT2D eigenvalue weighted by atomic mass is 9.51. The van der Waals surface area contributed by atoms with E-state index in [1.54, 1.807) is 19.1 Å². The molecule has 1 saturated carbocycles. The predicted molar refractivity (Wildman–Crippen MR) is 148 cm³/mol. The van der Waals surface area contributed by atoms with E-state index in [1.165, 1.54) is 24.3 Å². The van der Waals surface area contributed by atoms with Crippen LogP contribution in [0.4, 0.5) is 10.1 Å². The smallest absolute Gasteiger partial charge is 0.303 e. The fourth-order valence-corrected chi connectivity index (χ4v) is 7.78. The Bertz CT molecular complexity index is 1570. The molecule has 2 aromatic rings. The fourth-order valence-electron chi connectivity index (χ4n) is 7.61. The number of rotatable bonds is 6. The molecule has 2 aliphatic heterocycles. The van der Waals surface area contributed by atoms with Gasteiger partial charge in [0.2, 0.25) is 23.6 Å². The van der Waals surface area contributed by atoms with Crippen LogP contribution in [0.25, 0.3) is 0 Å². The predicted octanol–water partition coefficient (Wildman–Crippen LogP) is 4.28. The third kappa shape index (κ3) is 4.06. The van der Waals surface area contributed by atoms with Crippen molar-refractivity contribution in [3.63, 3.8) is 0 Å². The molecule has 2 aliphatic carbocycles. The van der Waals surface area contributed by atoms with E-state index in [0.717, 1.165) is 21.4 Å². The molecule has 9 nitrogen and oxygen atoms in total. The number of carboxylic acids is 1. The van der Waals surface area contributed by atoms with Gasteiger partial charge in [-0.25, -0.2) is 9.29 Å². The number of imide groups is 2. The highest BCUT2D eigenvalue weighted by Crippen LogP contribution is 2.63. The van der Waals surface area contributed by atoms with Crippen LogP contribution < -0.4 is 4.90 Å². The van der Waals surface area contributed by atoms with Gasteiger partial charge >= 0.3 is 5.97 Å². The highest BCUT2D eigenvalue weighted by molar-refractivity contribution is 6.31. The first kappa shape index (κ1) is 28.1. The van der Waals surface area contributed by atoms with Crippen LogP contribution in [0.3, 0.4) is 0 Å². The summed E-state index contributed by atoms with van der Waals surface area (Å²) >= 11 is 6.01. The number of amides is 4. The lowest BCUT2D eigenvalue weighted by Crippen LogP contribution is -2.48. The number of anilines is 1. The van der Waals surface area contributed by atoms with Gasteiger partial charge in [-0.1, -0.05) is 35.4 Å². The average molecular weight is 595 g/mol. The number of carbonyl (C=O) groups is 5. The van der Waals surface area contributed by atoms with Crippen molar-refractivity contribution in [2.75, 3.05) is 11.4 Å². The number of fused-ring (bicyclic) bond motifs is 4. The molecule has 2 saturated heterocycles. The molecule has 3 fully saturated rings. The van der Waals surface area contributed by atoms with E-state index in [-0.39, 0.29) is 54.6 Å². The maximum atomic E-state index is 14.3. The van der Waals surface area contributed by atoms with E-state index in [9.17, 15) is 33.5 Å². The number of carboxylic acid groups (broad SMARTS) is 1. The van der Waals surface area contributed by atoms with Crippen LogP contribution in [0.15, 0.2) is 54.1 Å². The van der Waals surface area contributed by atoms with Gasteiger partial charge in [0.05, 0.1) is 33.9 Å². The summed E-state index contributed by atoms with van der Waals surface area (Å²) in [6.07, 6.45) is 2.28. The quantitative estimate of drug-likeness (QED) is 0.377. The molecule has 4 aliphatic rings. The lowest BCUT2D eigenvalue weighted by molar-refractivity contribution is -0.142. The maximum absolute atomic E-state index is 14.3. The fraction of sp³-hybridized carbons (Fsp3) is 0.387. The zero-order valence-corrected chi connectivity index (χ0v) is 23.4. The first-order valence-electron chi connectivity index (χ1n) is 13.8. The minimum absolute atomic E-state index is 0.00191. The van der Waals surface area contributed by atoms with Gasteiger partial charge < -0.3 is 10.2 Å². The summed E-state index contributed by atoms with van der Waals surface area (Å²) in [5.41, 5.74) is 0.319. The van der Waals surface area contributed by atoms with Crippen LogP contribution in [0.2, 0.25) is 5.02 Å². The molecule has 0 aromatic heterocycles. The first-order valence-corrected chi connectivity index (χ1v) is 14.2. The van der Waals surface area contributed by atoms with Crippen molar-refractivity contribution in [2.45, 2.75) is 38.5 Å². The van der Waals surface area contributed by atoms with E-state index in [1.807, 2.05) is 6.08 Å². The number of aromatic hydroxyl groups is 1. The van der Waals surface area contributed by atoms with Gasteiger partial charge in [0.1, 0.15) is 11.6 Å². The second-order valence-electron chi connectivity index (χ2n) is 11.7. The van der Waals surface area contributed by atoms with Gasteiger partial charge in [-0.05, 0) is 68.0 Å². The Morgan fingerprint density at radius 1 is 1.05 bits per heavy atom. The van der Waals surface area contributed by atoms with Crippen LogP contribution in [-0.4, -0.2) is 51.3 Å². The zero-order chi connectivity index (χ0) is 30.1. The number of hydrogen-bond acceptors (Lipinski definition) is 6. The standard InChI is InChI=1S/C31H28ClFN2O7/c1-31-21(28(40)35(30(31)42)16-6-11-23(33)22(32)13-16)14-20-18(26(31)15-4-7-17(36)8-5-15)9-10-19-25(20)29(41)34(27(19)39)12-2-3-24(37)38/h4-9,11,13,19-21,25-26,36H,2-3,10,12,14H2,1H3,(H,37,38)/t19-,20+,21-,25-,26-,31+/m0/s1. The molecule has 2 heterocycles. The van der Waals surface area contributed by atoms with Crippen molar-refractivity contribution in [3.8, 4) is 5.75 Å². The summed E-state index contributed by atoms with van der Waals surface area (Å²) in [7, 11) is 0. The van der Waals surface area contributed by atoms with Crippen LogP contribution in [0, 0.1) is 34.9 Å². The monoisotopic (exact) mass is 594 g/mol. The number of aliphatic carboxylic acids is 1. The average Bonchev–Trinajstić information content (AvgIpc) is 3.30. The SMILES string of the molecule is C[C@@]12C(=O)N(c3ccc(F)c(Cl)c3)C(=O)[C@@H]1C[C@@H]1C(=CC[C@@H]3C(=O)N(CCCC(=O)O)C(=O)[C@@H]31)[C@@H]2c1ccc(O)cc1. The van der Waals surface area contributed by atoms with E-state index in [4.69, 9.17) is 16.7 Å². The molecule has 6 rings (SSSR count). The molecule has 11 heteroatoms. The van der Waals surface area contributed by atoms with E-state index < -0.39 is 64.5 Å². The van der Waals surface area contributed by atoms with Crippen LogP contribution in [-0.2, 0) is 24.0 Å². The van der Waals surface area contributed by atoms with Gasteiger partial charge in [-0.2, -0.15) is 0 Å². The largest absolute Gasteiger partial charge is 0.508 e. The Labute approximate surface area is 245 Å². The summed E-state index contributed by atoms with van der Waals surface area (Å²) in [6, 6.07) is 10.0. The Kier molecular flexibility index (Phi) is 6.72. The molecule has 2 aromatic carbocycles. The number of allylic oxidation sites excluding steroid dienone is 2. The Balaban J connectivity index is 1.44. The number of likely N-dealkylation sites (tertiary alicyclic amines) is 1. The minimum atomic E-state index is -1.28. The molecule has 218 valence electrons. The number of nitrogens with zero attached hydrogens (tertiary/aromatic N) is 2. The summed E-state index contributed by atoms with van der Waals surface area (Å²) in [5.74, 6) is -6.82. The van der Waals surface area contributed by atoms with Gasteiger partial charge in [-0.15, -0.1) is 0 Å². The molecule has 42 heavy (non-hydrogen) atoms. The van der Waals surface area contributed by atoms with E-state index >= 15 is 0 Å². The second-order valence-corrected chi connectivity index (χ2v) is 12.1. The van der Waals surface area contributed by atoms with Gasteiger partial charge in [0.25, 0.3) is 0 Å². The summed E-state index contributed by atoms with van der Waals surface area (Å²) in [6.45, 7) is 1.72. The van der Waals surface area contributed by atoms with Gasteiger partial charge in [0, 0.05) is 18.9 Å². The topological polar surface area (TPSA) is 132 Å². The van der Waals surface area contributed by atoms with Gasteiger partial charge in [-0.3, -0.25) is 28.9 Å². The van der Waals surface area contributed by atoms with Crippen LogP contribution in [0.5, 0.6) is 5.75 Å². The van der Waals surface area contributed by atoms with Crippen molar-refractivity contribution >= 4 is 46.9 Å².